The maximum atomic E-state index is 12.2. The number of anilines is 1. The highest BCUT2D eigenvalue weighted by atomic mass is 35.5. The van der Waals surface area contributed by atoms with Gasteiger partial charge < -0.3 is 15.0 Å². The van der Waals surface area contributed by atoms with Gasteiger partial charge in [-0.3, -0.25) is 4.79 Å². The number of nitrogens with one attached hydrogen (secondary N) is 2. The highest BCUT2D eigenvalue weighted by Crippen LogP contribution is 2.22. The molecule has 1 atom stereocenters. The summed E-state index contributed by atoms with van der Waals surface area (Å²) < 4.78 is 5.46. The maximum absolute atomic E-state index is 12.2. The minimum absolute atomic E-state index is 0.0609. The van der Waals surface area contributed by atoms with Crippen LogP contribution in [0.1, 0.15) is 11.1 Å². The Bertz CT molecular complexity index is 729. The Morgan fingerprint density at radius 2 is 2.00 bits per heavy atom. The van der Waals surface area contributed by atoms with Gasteiger partial charge in [-0.15, -0.1) is 0 Å². The van der Waals surface area contributed by atoms with Gasteiger partial charge in [-0.25, -0.2) is 0 Å². The van der Waals surface area contributed by atoms with E-state index in [2.05, 4.69) is 11.9 Å². The lowest BCUT2D eigenvalue weighted by atomic mass is 10.2. The summed E-state index contributed by atoms with van der Waals surface area (Å²) in [5.41, 5.74) is 2.85. The van der Waals surface area contributed by atoms with Crippen LogP contribution >= 0.6 is 11.6 Å². The van der Waals surface area contributed by atoms with Gasteiger partial charge in [0.05, 0.1) is 17.8 Å². The summed E-state index contributed by atoms with van der Waals surface area (Å²) in [5, 5.41) is 3.42. The summed E-state index contributed by atoms with van der Waals surface area (Å²) >= 11 is 6.15. The van der Waals surface area contributed by atoms with Crippen LogP contribution in [0, 0.1) is 6.92 Å². The van der Waals surface area contributed by atoms with Gasteiger partial charge in [-0.1, -0.05) is 30.3 Å². The zero-order chi connectivity index (χ0) is 18.2. The van der Waals surface area contributed by atoms with Crippen LogP contribution < -0.4 is 15.0 Å². The lowest BCUT2D eigenvalue weighted by Gasteiger charge is -2.15. The van der Waals surface area contributed by atoms with E-state index in [0.717, 1.165) is 28.3 Å². The summed E-state index contributed by atoms with van der Waals surface area (Å²) in [7, 11) is 1.98. The second-order valence-corrected chi connectivity index (χ2v) is 6.49. The van der Waals surface area contributed by atoms with Crippen LogP contribution in [0.5, 0.6) is 5.75 Å². The second-order valence-electron chi connectivity index (χ2n) is 6.09. The first-order valence-electron chi connectivity index (χ1n) is 8.18. The third kappa shape index (κ3) is 6.25. The molecule has 2 rings (SSSR count). The van der Waals surface area contributed by atoms with E-state index in [1.54, 1.807) is 6.08 Å². The average Bonchev–Trinajstić information content (AvgIpc) is 2.56. The summed E-state index contributed by atoms with van der Waals surface area (Å²) in [6.07, 6.45) is 1.71. The molecule has 1 amide bonds. The van der Waals surface area contributed by atoms with Crippen molar-refractivity contribution in [1.82, 2.24) is 0 Å². The SMILES string of the molecule is C=CCOc1ccc(C[NH+](C)CC(=O)Nc2ccc(C)cc2Cl)cc1. The van der Waals surface area contributed by atoms with Gasteiger partial charge >= 0.3 is 0 Å². The molecule has 0 heterocycles. The Kier molecular flexibility index (Phi) is 7.04. The smallest absolute Gasteiger partial charge is 0.279 e. The van der Waals surface area contributed by atoms with Crippen LogP contribution in [0.3, 0.4) is 0 Å². The van der Waals surface area contributed by atoms with Crippen molar-refractivity contribution in [3.05, 3.63) is 71.3 Å². The summed E-state index contributed by atoms with van der Waals surface area (Å²) in [6.45, 7) is 7.19. The molecular weight excluding hydrogens is 336 g/mol. The molecule has 5 heteroatoms. The molecule has 0 saturated carbocycles. The first kappa shape index (κ1) is 19.0. The van der Waals surface area contributed by atoms with Crippen molar-refractivity contribution < 1.29 is 14.4 Å². The van der Waals surface area contributed by atoms with Crippen LogP contribution in [0.2, 0.25) is 5.02 Å². The zero-order valence-corrected chi connectivity index (χ0v) is 15.4. The lowest BCUT2D eigenvalue weighted by molar-refractivity contribution is -0.885. The number of hydrogen-bond donors (Lipinski definition) is 2. The molecule has 4 nitrogen and oxygen atoms in total. The maximum Gasteiger partial charge on any atom is 0.279 e. The highest BCUT2D eigenvalue weighted by Gasteiger charge is 2.12. The van der Waals surface area contributed by atoms with E-state index < -0.39 is 0 Å². The van der Waals surface area contributed by atoms with Crippen molar-refractivity contribution in [3.63, 3.8) is 0 Å². The molecule has 0 radical (unpaired) electrons. The van der Waals surface area contributed by atoms with Crippen molar-refractivity contribution in [2.24, 2.45) is 0 Å². The molecule has 132 valence electrons. The predicted molar refractivity (Wildman–Crippen MR) is 102 cm³/mol. The van der Waals surface area contributed by atoms with E-state index in [9.17, 15) is 4.79 Å². The minimum Gasteiger partial charge on any atom is -0.490 e. The third-order valence-electron chi connectivity index (χ3n) is 3.66. The number of amides is 1. The topological polar surface area (TPSA) is 42.8 Å². The van der Waals surface area contributed by atoms with E-state index in [0.29, 0.717) is 23.9 Å². The largest absolute Gasteiger partial charge is 0.490 e. The Morgan fingerprint density at radius 3 is 2.64 bits per heavy atom. The molecular formula is C20H24ClN2O2+. The van der Waals surface area contributed by atoms with Gasteiger partial charge in [0.2, 0.25) is 0 Å². The van der Waals surface area contributed by atoms with E-state index in [-0.39, 0.29) is 5.91 Å². The number of carbonyl (C=O) groups excluding carboxylic acids is 1. The lowest BCUT2D eigenvalue weighted by Crippen LogP contribution is -3.08. The minimum atomic E-state index is -0.0609. The van der Waals surface area contributed by atoms with Crippen LogP contribution in [0.15, 0.2) is 55.1 Å². The van der Waals surface area contributed by atoms with Crippen molar-refractivity contribution in [3.8, 4) is 5.75 Å². The molecule has 0 aliphatic heterocycles. The van der Waals surface area contributed by atoms with E-state index in [1.165, 1.54) is 0 Å². The Hall–Kier alpha value is -2.30. The third-order valence-corrected chi connectivity index (χ3v) is 3.97. The van der Waals surface area contributed by atoms with Gasteiger partial charge in [0.1, 0.15) is 18.9 Å². The molecule has 25 heavy (non-hydrogen) atoms. The fraction of sp³-hybridized carbons (Fsp3) is 0.250. The number of ether oxygens (including phenoxy) is 1. The van der Waals surface area contributed by atoms with Crippen molar-refractivity contribution in [1.29, 1.82) is 0 Å². The second kappa shape index (κ2) is 9.25. The molecule has 0 aliphatic carbocycles. The number of carbonyl (C=O) groups is 1. The number of benzene rings is 2. The van der Waals surface area contributed by atoms with Crippen LogP contribution in [-0.2, 0) is 11.3 Å². The predicted octanol–water partition coefficient (Wildman–Crippen LogP) is 2.87. The van der Waals surface area contributed by atoms with Crippen molar-refractivity contribution in [2.45, 2.75) is 13.5 Å². The number of hydrogen-bond acceptors (Lipinski definition) is 2. The fourth-order valence-electron chi connectivity index (χ4n) is 2.46. The summed E-state index contributed by atoms with van der Waals surface area (Å²) in [5.74, 6) is 0.752. The number of aryl methyl sites for hydroxylation is 1. The molecule has 0 bridgehead atoms. The normalized spacial score (nSPS) is 11.6. The number of quaternary nitrogens is 1. The van der Waals surface area contributed by atoms with E-state index >= 15 is 0 Å². The molecule has 0 fully saturated rings. The zero-order valence-electron chi connectivity index (χ0n) is 14.6. The van der Waals surface area contributed by atoms with Gasteiger partial charge in [-0.2, -0.15) is 0 Å². The number of likely N-dealkylation sites (N-methyl/N-ethyl adjacent to an activating group) is 1. The molecule has 0 aliphatic rings. The molecule has 2 N–H and O–H groups in total. The first-order chi connectivity index (χ1) is 12.0. The average molecular weight is 360 g/mol. The Balaban J connectivity index is 1.85. The van der Waals surface area contributed by atoms with E-state index in [1.807, 2.05) is 56.4 Å². The molecule has 1 unspecified atom stereocenters. The van der Waals surface area contributed by atoms with Gasteiger partial charge in [0.15, 0.2) is 6.54 Å². The van der Waals surface area contributed by atoms with Crippen LogP contribution in [0.4, 0.5) is 5.69 Å². The molecule has 2 aromatic carbocycles. The standard InChI is InChI=1S/C20H23ClN2O2/c1-4-11-25-17-8-6-16(7-9-17)13-23(3)14-20(24)22-19-10-5-15(2)12-18(19)21/h4-10,12H,1,11,13-14H2,2-3H3,(H,22,24)/p+1. The molecule has 0 spiro atoms. The van der Waals surface area contributed by atoms with Crippen LogP contribution in [-0.4, -0.2) is 26.1 Å². The quantitative estimate of drug-likeness (QED) is 0.712. The van der Waals surface area contributed by atoms with E-state index in [4.69, 9.17) is 16.3 Å². The molecule has 2 aromatic rings. The van der Waals surface area contributed by atoms with Gasteiger partial charge in [0.25, 0.3) is 5.91 Å². The van der Waals surface area contributed by atoms with Gasteiger partial charge in [-0.05, 0) is 48.9 Å². The van der Waals surface area contributed by atoms with Crippen molar-refractivity contribution >= 4 is 23.2 Å². The Labute approximate surface area is 154 Å². The summed E-state index contributed by atoms with van der Waals surface area (Å²) in [4.78, 5) is 13.3. The monoisotopic (exact) mass is 359 g/mol. The highest BCUT2D eigenvalue weighted by molar-refractivity contribution is 6.33. The van der Waals surface area contributed by atoms with Crippen molar-refractivity contribution in [2.75, 3.05) is 25.5 Å². The van der Waals surface area contributed by atoms with Crippen LogP contribution in [0.25, 0.3) is 0 Å². The molecule has 0 saturated heterocycles. The fourth-order valence-corrected chi connectivity index (χ4v) is 2.74. The number of halogens is 1. The molecule has 0 aromatic heterocycles. The Morgan fingerprint density at radius 1 is 1.28 bits per heavy atom. The summed E-state index contributed by atoms with van der Waals surface area (Å²) in [6, 6.07) is 13.5. The van der Waals surface area contributed by atoms with Gasteiger partial charge in [0, 0.05) is 5.56 Å². The number of rotatable bonds is 8. The first-order valence-corrected chi connectivity index (χ1v) is 8.55.